The van der Waals surface area contributed by atoms with Crippen LogP contribution in [0.5, 0.6) is 0 Å². The molecule has 0 bridgehead atoms. The van der Waals surface area contributed by atoms with E-state index in [1.165, 1.54) is 0 Å². The first-order valence-corrected chi connectivity index (χ1v) is 13.3. The van der Waals surface area contributed by atoms with E-state index in [0.717, 1.165) is 34.8 Å². The van der Waals surface area contributed by atoms with Crippen LogP contribution in [0.3, 0.4) is 0 Å². The number of nitrogens with zero attached hydrogens (tertiary/aromatic N) is 7. The van der Waals surface area contributed by atoms with Crippen molar-refractivity contribution in [3.8, 4) is 33.1 Å². The number of nitrogens with one attached hydrogen (secondary N) is 1. The summed E-state index contributed by atoms with van der Waals surface area (Å²) in [4.78, 5) is 26.5. The predicted molar refractivity (Wildman–Crippen MR) is 146 cm³/mol. The Morgan fingerprint density at radius 3 is 2.59 bits per heavy atom. The van der Waals surface area contributed by atoms with E-state index >= 15 is 0 Å². The quantitative estimate of drug-likeness (QED) is 0.314. The molecule has 9 nitrogen and oxygen atoms in total. The summed E-state index contributed by atoms with van der Waals surface area (Å²) >= 11 is 1.64. The van der Waals surface area contributed by atoms with Crippen LogP contribution in [0.4, 0.5) is 0 Å². The van der Waals surface area contributed by atoms with Gasteiger partial charge in [0, 0.05) is 43.2 Å². The minimum Gasteiger partial charge on any atom is -0.350 e. The average molecular weight is 515 g/mol. The number of carbonyl (C=O) groups excluding carboxylic acids is 1. The summed E-state index contributed by atoms with van der Waals surface area (Å²) in [6.07, 6.45) is 7.28. The van der Waals surface area contributed by atoms with Gasteiger partial charge in [0.15, 0.2) is 5.65 Å². The maximum atomic E-state index is 13.3. The number of amides is 1. The van der Waals surface area contributed by atoms with Crippen LogP contribution in [-0.2, 0) is 7.05 Å². The third kappa shape index (κ3) is 5.16. The lowest BCUT2D eigenvalue weighted by Gasteiger charge is -2.26. The zero-order valence-electron chi connectivity index (χ0n) is 21.4. The number of rotatable bonds is 9. The minimum atomic E-state index is -0.142. The topological polar surface area (TPSA) is 93.2 Å². The Kier molecular flexibility index (Phi) is 7.11. The van der Waals surface area contributed by atoms with Crippen molar-refractivity contribution in [3.63, 3.8) is 0 Å². The summed E-state index contributed by atoms with van der Waals surface area (Å²) in [6.45, 7) is 8.82. The van der Waals surface area contributed by atoms with E-state index < -0.39 is 0 Å². The molecule has 5 aromatic rings. The molecule has 5 heterocycles. The first-order chi connectivity index (χ1) is 18.0. The van der Waals surface area contributed by atoms with Gasteiger partial charge in [-0.1, -0.05) is 19.9 Å². The van der Waals surface area contributed by atoms with Gasteiger partial charge in [-0.25, -0.2) is 14.5 Å². The highest BCUT2D eigenvalue weighted by Crippen LogP contribution is 2.29. The first-order valence-electron chi connectivity index (χ1n) is 12.4. The minimum absolute atomic E-state index is 0.142. The molecule has 0 saturated carbocycles. The predicted octanol–water partition coefficient (Wildman–Crippen LogP) is 4.38. The zero-order valence-corrected chi connectivity index (χ0v) is 22.2. The summed E-state index contributed by atoms with van der Waals surface area (Å²) in [6, 6.07) is 9.86. The molecule has 0 fully saturated rings. The van der Waals surface area contributed by atoms with Gasteiger partial charge in [-0.05, 0) is 49.7 Å². The van der Waals surface area contributed by atoms with Crippen molar-refractivity contribution in [2.75, 3.05) is 19.6 Å². The van der Waals surface area contributed by atoms with Crippen LogP contribution < -0.4 is 5.32 Å². The molecule has 0 aliphatic heterocycles. The molecule has 5 aromatic heterocycles. The molecular weight excluding hydrogens is 484 g/mol. The SMILES string of the molecule is CCN(CC)C(C)CNC(=O)c1cc(-c2cnn(C)c2)nc(-c2cnn3ccc(-c4cccs4)nc23)c1. The van der Waals surface area contributed by atoms with Crippen LogP contribution in [0, 0.1) is 0 Å². The number of aryl methyl sites for hydroxylation is 1. The number of aromatic nitrogens is 6. The van der Waals surface area contributed by atoms with Crippen LogP contribution in [-0.4, -0.2) is 65.8 Å². The van der Waals surface area contributed by atoms with Crippen molar-refractivity contribution in [2.24, 2.45) is 7.05 Å². The van der Waals surface area contributed by atoms with Crippen LogP contribution in [0.15, 0.2) is 60.5 Å². The van der Waals surface area contributed by atoms with Crippen molar-refractivity contribution in [3.05, 3.63) is 66.1 Å². The highest BCUT2D eigenvalue weighted by atomic mass is 32.1. The van der Waals surface area contributed by atoms with Gasteiger partial charge in [0.2, 0.25) is 0 Å². The van der Waals surface area contributed by atoms with E-state index in [4.69, 9.17) is 9.97 Å². The second-order valence-corrected chi connectivity index (χ2v) is 9.87. The first kappa shape index (κ1) is 24.8. The van der Waals surface area contributed by atoms with E-state index in [2.05, 4.69) is 41.2 Å². The lowest BCUT2D eigenvalue weighted by atomic mass is 10.1. The van der Waals surface area contributed by atoms with E-state index in [1.807, 2.05) is 55.2 Å². The van der Waals surface area contributed by atoms with Gasteiger partial charge in [-0.15, -0.1) is 11.3 Å². The summed E-state index contributed by atoms with van der Waals surface area (Å²) in [5.74, 6) is -0.142. The van der Waals surface area contributed by atoms with E-state index in [0.29, 0.717) is 29.1 Å². The van der Waals surface area contributed by atoms with Crippen LogP contribution in [0.2, 0.25) is 0 Å². The second kappa shape index (κ2) is 10.6. The monoisotopic (exact) mass is 514 g/mol. The highest BCUT2D eigenvalue weighted by molar-refractivity contribution is 7.13. The highest BCUT2D eigenvalue weighted by Gasteiger charge is 2.18. The third-order valence-electron chi connectivity index (χ3n) is 6.50. The fourth-order valence-electron chi connectivity index (χ4n) is 4.43. The van der Waals surface area contributed by atoms with Gasteiger partial charge >= 0.3 is 0 Å². The molecular formula is C27H30N8OS. The molecule has 5 rings (SSSR count). The fourth-order valence-corrected chi connectivity index (χ4v) is 5.13. The van der Waals surface area contributed by atoms with E-state index in [-0.39, 0.29) is 11.9 Å². The van der Waals surface area contributed by atoms with Crippen LogP contribution >= 0.6 is 11.3 Å². The number of hydrogen-bond donors (Lipinski definition) is 1. The van der Waals surface area contributed by atoms with E-state index in [1.54, 1.807) is 32.9 Å². The van der Waals surface area contributed by atoms with Gasteiger partial charge in [0.05, 0.1) is 39.9 Å². The number of pyridine rings is 1. The largest absolute Gasteiger partial charge is 0.350 e. The standard InChI is InChI=1S/C27H30N8OS/c1-5-34(6-2)18(3)14-28-27(36)19-12-23(20-15-29-33(4)17-20)31-24(13-19)21-16-30-35-10-9-22(32-26(21)35)25-8-7-11-37-25/h7-13,15-18H,5-6,14H2,1-4H3,(H,28,36). The fraction of sp³-hybridized carbons (Fsp3) is 0.296. The third-order valence-corrected chi connectivity index (χ3v) is 7.39. The van der Waals surface area contributed by atoms with Crippen LogP contribution in [0.25, 0.3) is 38.7 Å². The van der Waals surface area contributed by atoms with Crippen molar-refractivity contribution in [1.29, 1.82) is 0 Å². The summed E-state index contributed by atoms with van der Waals surface area (Å²) in [7, 11) is 1.86. The summed E-state index contributed by atoms with van der Waals surface area (Å²) < 4.78 is 3.45. The Hall–Kier alpha value is -3.89. The lowest BCUT2D eigenvalue weighted by molar-refractivity contribution is 0.0938. The average Bonchev–Trinajstić information content (AvgIpc) is 3.68. The maximum absolute atomic E-state index is 13.3. The van der Waals surface area contributed by atoms with Gasteiger partial charge in [-0.3, -0.25) is 14.4 Å². The van der Waals surface area contributed by atoms with Crippen molar-refractivity contribution in [1.82, 2.24) is 39.6 Å². The number of thiophene rings is 1. The Morgan fingerprint density at radius 2 is 1.89 bits per heavy atom. The van der Waals surface area contributed by atoms with Crippen molar-refractivity contribution in [2.45, 2.75) is 26.8 Å². The Morgan fingerprint density at radius 1 is 1.08 bits per heavy atom. The molecule has 37 heavy (non-hydrogen) atoms. The zero-order chi connectivity index (χ0) is 25.9. The Balaban J connectivity index is 1.54. The van der Waals surface area contributed by atoms with E-state index in [9.17, 15) is 4.79 Å². The molecule has 0 spiro atoms. The molecule has 0 aromatic carbocycles. The molecule has 1 amide bonds. The number of fused-ring (bicyclic) bond motifs is 1. The van der Waals surface area contributed by atoms with Gasteiger partial charge in [0.1, 0.15) is 0 Å². The maximum Gasteiger partial charge on any atom is 0.251 e. The number of carbonyl (C=O) groups is 1. The normalized spacial score (nSPS) is 12.4. The molecule has 1 unspecified atom stereocenters. The molecule has 1 atom stereocenters. The Bertz CT molecular complexity index is 1520. The molecule has 0 saturated heterocycles. The smallest absolute Gasteiger partial charge is 0.251 e. The lowest BCUT2D eigenvalue weighted by Crippen LogP contribution is -2.42. The number of likely N-dealkylation sites (N-methyl/N-ethyl adjacent to an activating group) is 1. The van der Waals surface area contributed by atoms with Crippen molar-refractivity contribution < 1.29 is 4.79 Å². The van der Waals surface area contributed by atoms with Crippen molar-refractivity contribution >= 4 is 22.9 Å². The van der Waals surface area contributed by atoms with Gasteiger partial charge in [0.25, 0.3) is 5.91 Å². The number of hydrogen-bond acceptors (Lipinski definition) is 7. The Labute approximate surface area is 219 Å². The molecule has 10 heteroatoms. The van der Waals surface area contributed by atoms with Gasteiger partial charge < -0.3 is 5.32 Å². The summed E-state index contributed by atoms with van der Waals surface area (Å²) in [5.41, 5.74) is 4.98. The van der Waals surface area contributed by atoms with Gasteiger partial charge in [-0.2, -0.15) is 10.2 Å². The molecule has 190 valence electrons. The molecule has 0 radical (unpaired) electrons. The molecule has 0 aliphatic carbocycles. The molecule has 1 N–H and O–H groups in total. The molecule has 0 aliphatic rings. The van der Waals surface area contributed by atoms with Crippen LogP contribution in [0.1, 0.15) is 31.1 Å². The second-order valence-electron chi connectivity index (χ2n) is 8.93. The summed E-state index contributed by atoms with van der Waals surface area (Å²) in [5, 5.41) is 13.9.